The Labute approximate surface area is 120 Å². The standard InChI is InChI=1S/C14H15N3O2S/c1-9-8-12(15-19-9)17-13(11-5-3-7-20-11)16-6-2-4-10(16)14(17)18/h3,5,7-8,10,13H,2,4,6H2,1H3. The summed E-state index contributed by atoms with van der Waals surface area (Å²) in [6, 6.07) is 5.95. The van der Waals surface area contributed by atoms with Gasteiger partial charge in [0.05, 0.1) is 6.04 Å². The van der Waals surface area contributed by atoms with Crippen LogP contribution in [0.4, 0.5) is 5.82 Å². The summed E-state index contributed by atoms with van der Waals surface area (Å²) in [4.78, 5) is 18.0. The molecule has 104 valence electrons. The topological polar surface area (TPSA) is 49.6 Å². The maximum absolute atomic E-state index is 12.7. The summed E-state index contributed by atoms with van der Waals surface area (Å²) in [6.07, 6.45) is 2.00. The summed E-state index contributed by atoms with van der Waals surface area (Å²) in [5, 5.41) is 6.09. The fourth-order valence-electron chi connectivity index (χ4n) is 3.21. The van der Waals surface area contributed by atoms with Gasteiger partial charge in [-0.3, -0.25) is 14.6 Å². The van der Waals surface area contributed by atoms with Crippen LogP contribution in [0, 0.1) is 6.92 Å². The molecule has 2 aliphatic rings. The van der Waals surface area contributed by atoms with E-state index in [9.17, 15) is 4.79 Å². The minimum absolute atomic E-state index is 0.000828. The van der Waals surface area contributed by atoms with Crippen molar-refractivity contribution in [3.8, 4) is 0 Å². The lowest BCUT2D eigenvalue weighted by atomic mass is 10.2. The Balaban J connectivity index is 1.80. The average molecular weight is 289 g/mol. The lowest BCUT2D eigenvalue weighted by Crippen LogP contribution is -2.32. The summed E-state index contributed by atoms with van der Waals surface area (Å²) < 4.78 is 5.15. The predicted octanol–water partition coefficient (Wildman–Crippen LogP) is 2.55. The second kappa shape index (κ2) is 4.43. The van der Waals surface area contributed by atoms with Crippen molar-refractivity contribution in [2.24, 2.45) is 0 Å². The molecule has 4 heterocycles. The third kappa shape index (κ3) is 1.65. The summed E-state index contributed by atoms with van der Waals surface area (Å²) in [5.41, 5.74) is 0. The average Bonchev–Trinajstić information content (AvgIpc) is 3.16. The van der Waals surface area contributed by atoms with Gasteiger partial charge < -0.3 is 4.52 Å². The summed E-state index contributed by atoms with van der Waals surface area (Å²) >= 11 is 1.68. The van der Waals surface area contributed by atoms with Gasteiger partial charge in [-0.15, -0.1) is 11.3 Å². The van der Waals surface area contributed by atoms with Crippen LogP contribution in [0.5, 0.6) is 0 Å². The molecular weight excluding hydrogens is 274 g/mol. The molecule has 2 saturated heterocycles. The number of thiophene rings is 1. The normalized spacial score (nSPS) is 26.4. The second-order valence-corrected chi connectivity index (χ2v) is 6.27. The zero-order valence-electron chi connectivity index (χ0n) is 11.2. The van der Waals surface area contributed by atoms with E-state index in [1.54, 1.807) is 16.2 Å². The highest BCUT2D eigenvalue weighted by molar-refractivity contribution is 7.10. The van der Waals surface area contributed by atoms with Gasteiger partial charge in [-0.25, -0.2) is 0 Å². The van der Waals surface area contributed by atoms with E-state index in [0.29, 0.717) is 5.82 Å². The van der Waals surface area contributed by atoms with Crippen molar-refractivity contribution >= 4 is 23.1 Å². The summed E-state index contributed by atoms with van der Waals surface area (Å²) in [6.45, 7) is 2.81. The van der Waals surface area contributed by atoms with E-state index < -0.39 is 0 Å². The molecule has 0 aromatic carbocycles. The molecule has 2 aromatic rings. The van der Waals surface area contributed by atoms with E-state index in [-0.39, 0.29) is 18.1 Å². The highest BCUT2D eigenvalue weighted by Gasteiger charge is 2.50. The SMILES string of the molecule is Cc1cc(N2C(=O)C3CCCN3C2c2cccs2)no1. The minimum atomic E-state index is -0.0282. The van der Waals surface area contributed by atoms with Crippen molar-refractivity contribution in [3.63, 3.8) is 0 Å². The fraction of sp³-hybridized carbons (Fsp3) is 0.429. The van der Waals surface area contributed by atoms with E-state index in [1.807, 2.05) is 19.1 Å². The van der Waals surface area contributed by atoms with E-state index in [1.165, 1.54) is 4.88 Å². The third-order valence-electron chi connectivity index (χ3n) is 4.04. The number of carbonyl (C=O) groups is 1. The van der Waals surface area contributed by atoms with Gasteiger partial charge >= 0.3 is 0 Å². The molecule has 4 rings (SSSR count). The smallest absolute Gasteiger partial charge is 0.247 e. The summed E-state index contributed by atoms with van der Waals surface area (Å²) in [7, 11) is 0. The molecule has 5 nitrogen and oxygen atoms in total. The maximum Gasteiger partial charge on any atom is 0.247 e. The van der Waals surface area contributed by atoms with Gasteiger partial charge in [0.1, 0.15) is 11.9 Å². The van der Waals surface area contributed by atoms with Crippen molar-refractivity contribution < 1.29 is 9.32 Å². The Morgan fingerprint density at radius 3 is 3.10 bits per heavy atom. The van der Waals surface area contributed by atoms with Crippen LogP contribution in [0.1, 0.15) is 29.6 Å². The van der Waals surface area contributed by atoms with Crippen molar-refractivity contribution in [1.82, 2.24) is 10.1 Å². The maximum atomic E-state index is 12.7. The first-order chi connectivity index (χ1) is 9.75. The zero-order valence-corrected chi connectivity index (χ0v) is 12.0. The van der Waals surface area contributed by atoms with Crippen molar-refractivity contribution in [3.05, 3.63) is 34.2 Å². The van der Waals surface area contributed by atoms with Gasteiger partial charge in [-0.2, -0.15) is 0 Å². The van der Waals surface area contributed by atoms with Crippen molar-refractivity contribution in [2.45, 2.75) is 32.0 Å². The molecule has 2 unspecified atom stereocenters. The van der Waals surface area contributed by atoms with Crippen LogP contribution in [0.2, 0.25) is 0 Å². The van der Waals surface area contributed by atoms with Crippen molar-refractivity contribution in [1.29, 1.82) is 0 Å². The quantitative estimate of drug-likeness (QED) is 0.852. The molecule has 0 radical (unpaired) electrons. The number of aryl methyl sites for hydroxylation is 1. The number of rotatable bonds is 2. The van der Waals surface area contributed by atoms with Gasteiger partial charge in [0, 0.05) is 17.5 Å². The van der Waals surface area contributed by atoms with Crippen LogP contribution >= 0.6 is 11.3 Å². The Kier molecular flexibility index (Phi) is 2.68. The Hall–Kier alpha value is -1.66. The molecule has 2 atom stereocenters. The molecule has 0 aliphatic carbocycles. The first-order valence-electron chi connectivity index (χ1n) is 6.81. The number of amides is 1. The minimum Gasteiger partial charge on any atom is -0.360 e. The Bertz CT molecular complexity index is 637. The zero-order chi connectivity index (χ0) is 13.7. The molecule has 2 aromatic heterocycles. The molecule has 0 spiro atoms. The predicted molar refractivity (Wildman–Crippen MR) is 75.5 cm³/mol. The van der Waals surface area contributed by atoms with Gasteiger partial charge in [0.15, 0.2) is 5.82 Å². The molecule has 2 fully saturated rings. The number of hydrogen-bond donors (Lipinski definition) is 0. The van der Waals surface area contributed by atoms with Crippen LogP contribution in [0.25, 0.3) is 0 Å². The van der Waals surface area contributed by atoms with E-state index in [0.717, 1.165) is 25.1 Å². The Morgan fingerprint density at radius 2 is 2.40 bits per heavy atom. The van der Waals surface area contributed by atoms with E-state index in [4.69, 9.17) is 4.52 Å². The molecular formula is C14H15N3O2S. The Morgan fingerprint density at radius 1 is 1.50 bits per heavy atom. The van der Waals surface area contributed by atoms with Crippen LogP contribution in [-0.4, -0.2) is 28.6 Å². The van der Waals surface area contributed by atoms with Gasteiger partial charge in [-0.1, -0.05) is 11.2 Å². The number of nitrogens with zero attached hydrogens (tertiary/aromatic N) is 3. The lowest BCUT2D eigenvalue weighted by Gasteiger charge is -2.26. The first-order valence-corrected chi connectivity index (χ1v) is 7.69. The molecule has 1 amide bonds. The highest BCUT2D eigenvalue weighted by Crippen LogP contribution is 2.43. The van der Waals surface area contributed by atoms with Crippen LogP contribution < -0.4 is 4.90 Å². The molecule has 0 N–H and O–H groups in total. The first kappa shape index (κ1) is 12.1. The second-order valence-electron chi connectivity index (χ2n) is 5.29. The number of aromatic nitrogens is 1. The molecule has 20 heavy (non-hydrogen) atoms. The molecule has 6 heteroatoms. The van der Waals surface area contributed by atoms with Gasteiger partial charge in [0.2, 0.25) is 5.91 Å². The lowest BCUT2D eigenvalue weighted by molar-refractivity contribution is -0.119. The summed E-state index contributed by atoms with van der Waals surface area (Å²) in [5.74, 6) is 1.50. The number of carbonyl (C=O) groups excluding carboxylic acids is 1. The van der Waals surface area contributed by atoms with E-state index >= 15 is 0 Å². The third-order valence-corrected chi connectivity index (χ3v) is 4.95. The number of fused-ring (bicyclic) bond motifs is 1. The van der Waals surface area contributed by atoms with Gasteiger partial charge in [0.25, 0.3) is 0 Å². The van der Waals surface area contributed by atoms with Crippen LogP contribution in [0.15, 0.2) is 28.1 Å². The highest BCUT2D eigenvalue weighted by atomic mass is 32.1. The molecule has 0 bridgehead atoms. The van der Waals surface area contributed by atoms with Crippen LogP contribution in [-0.2, 0) is 4.79 Å². The van der Waals surface area contributed by atoms with Gasteiger partial charge in [-0.05, 0) is 31.2 Å². The fourth-order valence-corrected chi connectivity index (χ4v) is 4.04. The van der Waals surface area contributed by atoms with Crippen molar-refractivity contribution in [2.75, 3.05) is 11.4 Å². The molecule has 0 saturated carbocycles. The van der Waals surface area contributed by atoms with Crippen LogP contribution in [0.3, 0.4) is 0 Å². The number of hydrogen-bond acceptors (Lipinski definition) is 5. The largest absolute Gasteiger partial charge is 0.360 e. The molecule has 2 aliphatic heterocycles. The van der Waals surface area contributed by atoms with E-state index in [2.05, 4.69) is 21.5 Å². The number of anilines is 1. The monoisotopic (exact) mass is 289 g/mol.